The smallest absolute Gasteiger partial charge is 0.145 e. The zero-order chi connectivity index (χ0) is 11.4. The fourth-order valence-electron chi connectivity index (χ4n) is 4.02. The molecule has 2 atom stereocenters. The second-order valence-electron chi connectivity index (χ2n) is 6.25. The van der Waals surface area contributed by atoms with E-state index in [1.165, 1.54) is 12.0 Å². The topological polar surface area (TPSA) is 38.1 Å². The van der Waals surface area contributed by atoms with Gasteiger partial charge in [0.05, 0.1) is 6.20 Å². The van der Waals surface area contributed by atoms with Crippen molar-refractivity contribution in [1.82, 2.24) is 10.5 Å². The normalized spacial score (nSPS) is 36.6. The van der Waals surface area contributed by atoms with Crippen LogP contribution in [0.5, 0.6) is 0 Å². The molecule has 2 aliphatic rings. The van der Waals surface area contributed by atoms with Crippen LogP contribution in [0.4, 0.5) is 0 Å². The Kier molecular flexibility index (Phi) is 2.00. The highest BCUT2D eigenvalue weighted by molar-refractivity contribution is 5.30. The molecule has 88 valence electrons. The van der Waals surface area contributed by atoms with E-state index in [4.69, 9.17) is 4.52 Å². The lowest BCUT2D eigenvalue weighted by Crippen LogP contribution is -2.55. The van der Waals surface area contributed by atoms with E-state index >= 15 is 0 Å². The van der Waals surface area contributed by atoms with E-state index in [9.17, 15) is 0 Å². The van der Waals surface area contributed by atoms with Crippen LogP contribution in [0.15, 0.2) is 10.7 Å². The van der Waals surface area contributed by atoms with Crippen LogP contribution in [-0.2, 0) is 11.8 Å². The molecule has 0 aromatic carbocycles. The minimum atomic E-state index is 0.126. The molecule has 1 aromatic heterocycles. The summed E-state index contributed by atoms with van der Waals surface area (Å²) >= 11 is 0. The molecular weight excluding hydrogens is 200 g/mol. The van der Waals surface area contributed by atoms with Crippen molar-refractivity contribution in [3.05, 3.63) is 17.5 Å². The summed E-state index contributed by atoms with van der Waals surface area (Å²) in [7, 11) is 0. The number of rotatable bonds is 0. The summed E-state index contributed by atoms with van der Waals surface area (Å²) in [5.41, 5.74) is 1.80. The first-order valence-corrected chi connectivity index (χ1v) is 6.19. The fourth-order valence-corrected chi connectivity index (χ4v) is 4.02. The maximum absolute atomic E-state index is 5.49. The van der Waals surface area contributed by atoms with Gasteiger partial charge in [-0.05, 0) is 30.7 Å². The van der Waals surface area contributed by atoms with Crippen LogP contribution in [0.2, 0.25) is 0 Å². The minimum Gasteiger partial charge on any atom is -0.361 e. The summed E-state index contributed by atoms with van der Waals surface area (Å²) in [5, 5.41) is 7.53. The van der Waals surface area contributed by atoms with Crippen LogP contribution in [0, 0.1) is 11.3 Å². The van der Waals surface area contributed by atoms with Crippen molar-refractivity contribution in [2.24, 2.45) is 11.3 Å². The third-order valence-electron chi connectivity index (χ3n) is 4.67. The molecular formula is C13H20N2O. The standard InChI is InChI=1S/C13H20N2O/c1-12(2)10-4-5-14-8-13(10,3)6-9-7-15-16-11(9)12/h7,10,14H,4-6,8H2,1-3H3/t10-,13+/m1/s1. The molecule has 3 nitrogen and oxygen atoms in total. The van der Waals surface area contributed by atoms with E-state index in [-0.39, 0.29) is 5.41 Å². The lowest BCUT2D eigenvalue weighted by Gasteiger charge is -2.52. The number of hydrogen-bond donors (Lipinski definition) is 1. The van der Waals surface area contributed by atoms with Gasteiger partial charge in [0.2, 0.25) is 0 Å². The lowest BCUT2D eigenvalue weighted by molar-refractivity contribution is 0.0406. The van der Waals surface area contributed by atoms with Gasteiger partial charge in [-0.15, -0.1) is 0 Å². The predicted octanol–water partition coefficient (Wildman–Crippen LogP) is 2.12. The SMILES string of the molecule is CC1(C)c2oncc2C[C@@]2(C)CNCC[C@H]12. The Hall–Kier alpha value is -0.830. The summed E-state index contributed by atoms with van der Waals surface area (Å²) in [4.78, 5) is 0. The average molecular weight is 220 g/mol. The summed E-state index contributed by atoms with van der Waals surface area (Å²) in [6.45, 7) is 9.27. The number of fused-ring (bicyclic) bond motifs is 2. The van der Waals surface area contributed by atoms with Crippen molar-refractivity contribution >= 4 is 0 Å². The van der Waals surface area contributed by atoms with E-state index < -0.39 is 0 Å². The molecule has 2 heterocycles. The Labute approximate surface area is 96.6 Å². The van der Waals surface area contributed by atoms with Gasteiger partial charge >= 0.3 is 0 Å². The molecule has 1 N–H and O–H groups in total. The maximum Gasteiger partial charge on any atom is 0.145 e. The molecule has 0 radical (unpaired) electrons. The summed E-state index contributed by atoms with van der Waals surface area (Å²) in [5.74, 6) is 1.82. The molecule has 1 fully saturated rings. The number of aromatic nitrogens is 1. The second-order valence-corrected chi connectivity index (χ2v) is 6.25. The molecule has 0 amide bonds. The first-order chi connectivity index (χ1) is 7.54. The number of nitrogens with one attached hydrogen (secondary N) is 1. The molecule has 0 saturated carbocycles. The van der Waals surface area contributed by atoms with Crippen molar-refractivity contribution in [1.29, 1.82) is 0 Å². The third kappa shape index (κ3) is 1.21. The van der Waals surface area contributed by atoms with Gasteiger partial charge in [-0.1, -0.05) is 25.9 Å². The second kappa shape index (κ2) is 3.10. The van der Waals surface area contributed by atoms with Crippen LogP contribution in [0.3, 0.4) is 0 Å². The highest BCUT2D eigenvalue weighted by atomic mass is 16.5. The highest BCUT2D eigenvalue weighted by Crippen LogP contribution is 2.52. The highest BCUT2D eigenvalue weighted by Gasteiger charge is 2.52. The monoisotopic (exact) mass is 220 g/mol. The molecule has 1 aliphatic carbocycles. The van der Waals surface area contributed by atoms with E-state index in [1.807, 2.05) is 6.20 Å². The average Bonchev–Trinajstić information content (AvgIpc) is 2.65. The number of nitrogens with zero attached hydrogens (tertiary/aromatic N) is 1. The Morgan fingerprint density at radius 2 is 2.25 bits per heavy atom. The zero-order valence-corrected chi connectivity index (χ0v) is 10.3. The van der Waals surface area contributed by atoms with Gasteiger partial charge in [0.25, 0.3) is 0 Å². The van der Waals surface area contributed by atoms with Crippen molar-refractivity contribution in [3.8, 4) is 0 Å². The summed E-state index contributed by atoms with van der Waals surface area (Å²) < 4.78 is 5.49. The van der Waals surface area contributed by atoms with Gasteiger partial charge in [-0.3, -0.25) is 0 Å². The molecule has 3 rings (SSSR count). The fraction of sp³-hybridized carbons (Fsp3) is 0.769. The van der Waals surface area contributed by atoms with Gasteiger partial charge in [-0.25, -0.2) is 0 Å². The summed E-state index contributed by atoms with van der Waals surface area (Å²) in [6, 6.07) is 0. The summed E-state index contributed by atoms with van der Waals surface area (Å²) in [6.07, 6.45) is 4.25. The van der Waals surface area contributed by atoms with E-state index in [2.05, 4.69) is 31.2 Å². The van der Waals surface area contributed by atoms with Crippen molar-refractivity contribution in [2.75, 3.05) is 13.1 Å². The Morgan fingerprint density at radius 1 is 1.44 bits per heavy atom. The van der Waals surface area contributed by atoms with Crippen molar-refractivity contribution in [2.45, 2.75) is 39.0 Å². The predicted molar refractivity (Wildman–Crippen MR) is 62.3 cm³/mol. The largest absolute Gasteiger partial charge is 0.361 e. The number of piperidine rings is 1. The van der Waals surface area contributed by atoms with Crippen LogP contribution >= 0.6 is 0 Å². The first-order valence-electron chi connectivity index (χ1n) is 6.19. The van der Waals surface area contributed by atoms with E-state index in [1.54, 1.807) is 0 Å². The van der Waals surface area contributed by atoms with Gasteiger partial charge in [0.15, 0.2) is 0 Å². The molecule has 1 saturated heterocycles. The molecule has 0 spiro atoms. The maximum atomic E-state index is 5.49. The Bertz CT molecular complexity index is 410. The van der Waals surface area contributed by atoms with Crippen LogP contribution < -0.4 is 5.32 Å². The van der Waals surface area contributed by atoms with Gasteiger partial charge in [-0.2, -0.15) is 0 Å². The van der Waals surface area contributed by atoms with Gasteiger partial charge in [0.1, 0.15) is 5.76 Å². The van der Waals surface area contributed by atoms with E-state index in [0.717, 1.165) is 25.3 Å². The van der Waals surface area contributed by atoms with Gasteiger partial charge < -0.3 is 9.84 Å². The Morgan fingerprint density at radius 3 is 3.06 bits per heavy atom. The van der Waals surface area contributed by atoms with E-state index in [0.29, 0.717) is 11.3 Å². The molecule has 0 bridgehead atoms. The quantitative estimate of drug-likeness (QED) is 0.728. The number of hydrogen-bond acceptors (Lipinski definition) is 3. The molecule has 1 aromatic rings. The molecule has 16 heavy (non-hydrogen) atoms. The van der Waals surface area contributed by atoms with Crippen LogP contribution in [0.25, 0.3) is 0 Å². The van der Waals surface area contributed by atoms with Gasteiger partial charge in [0, 0.05) is 17.5 Å². The van der Waals surface area contributed by atoms with Crippen molar-refractivity contribution < 1.29 is 4.52 Å². The lowest BCUT2D eigenvalue weighted by atomic mass is 9.54. The molecule has 1 aliphatic heterocycles. The zero-order valence-electron chi connectivity index (χ0n) is 10.3. The Balaban J connectivity index is 2.11. The third-order valence-corrected chi connectivity index (χ3v) is 4.67. The van der Waals surface area contributed by atoms with Crippen molar-refractivity contribution in [3.63, 3.8) is 0 Å². The van der Waals surface area contributed by atoms with Crippen LogP contribution in [-0.4, -0.2) is 18.2 Å². The molecule has 3 heteroatoms. The first kappa shape index (κ1) is 10.3. The van der Waals surface area contributed by atoms with Crippen LogP contribution in [0.1, 0.15) is 38.5 Å². The molecule has 0 unspecified atom stereocenters. The minimum absolute atomic E-state index is 0.126.